The highest BCUT2D eigenvalue weighted by Crippen LogP contribution is 2.59. The molecule has 0 radical (unpaired) electrons. The van der Waals surface area contributed by atoms with Crippen molar-refractivity contribution in [2.45, 2.75) is 38.3 Å². The number of esters is 1. The third-order valence-electron chi connectivity index (χ3n) is 7.50. The van der Waals surface area contributed by atoms with E-state index < -0.39 is 23.3 Å². The number of nitrogens with zero attached hydrogens (tertiary/aromatic N) is 2. The molecular formula is C25H26N2O5S. The number of ketones is 1. The summed E-state index contributed by atoms with van der Waals surface area (Å²) in [5.41, 5.74) is 1.48. The fourth-order valence-corrected chi connectivity index (χ4v) is 7.04. The highest BCUT2D eigenvalue weighted by atomic mass is 32.1. The molecule has 3 saturated heterocycles. The van der Waals surface area contributed by atoms with Crippen molar-refractivity contribution in [1.29, 1.82) is 0 Å². The third-order valence-corrected chi connectivity index (χ3v) is 8.48. The Bertz CT molecular complexity index is 1160. The Morgan fingerprint density at radius 3 is 2.52 bits per heavy atom. The lowest BCUT2D eigenvalue weighted by Crippen LogP contribution is -2.54. The molecule has 5 rings (SSSR count). The van der Waals surface area contributed by atoms with Crippen molar-refractivity contribution in [2.75, 3.05) is 20.2 Å². The Balaban J connectivity index is 1.57. The first kappa shape index (κ1) is 22.0. The largest absolute Gasteiger partial charge is 0.468 e. The summed E-state index contributed by atoms with van der Waals surface area (Å²) in [5, 5.41) is 1.85. The molecular weight excluding hydrogens is 440 g/mol. The SMILES string of the molecule is CCN1C(=O)[C@H]2[C@@H](c3ccc(-c4cc(C(C)=O)cs4)cc3)N3CCC[C@@]3(C(=O)OC)[C@H]2C1=O. The van der Waals surface area contributed by atoms with Gasteiger partial charge in [-0.2, -0.15) is 0 Å². The van der Waals surface area contributed by atoms with Crippen LogP contribution < -0.4 is 0 Å². The minimum absolute atomic E-state index is 0.0317. The number of amides is 2. The zero-order valence-corrected chi connectivity index (χ0v) is 19.7. The number of rotatable bonds is 5. The second-order valence-corrected chi connectivity index (χ2v) is 9.87. The number of carbonyl (C=O) groups is 4. The number of thiophene rings is 1. The molecule has 8 heteroatoms. The zero-order chi connectivity index (χ0) is 23.5. The number of ether oxygens (including phenoxy) is 1. The molecule has 1 aromatic carbocycles. The lowest BCUT2D eigenvalue weighted by molar-refractivity contribution is -0.159. The van der Waals surface area contributed by atoms with E-state index in [4.69, 9.17) is 4.74 Å². The quantitative estimate of drug-likeness (QED) is 0.382. The van der Waals surface area contributed by atoms with Crippen LogP contribution in [0.25, 0.3) is 10.4 Å². The van der Waals surface area contributed by atoms with Crippen LogP contribution in [0.3, 0.4) is 0 Å². The van der Waals surface area contributed by atoms with E-state index in [9.17, 15) is 19.2 Å². The number of fused-ring (bicyclic) bond motifs is 3. The van der Waals surface area contributed by atoms with E-state index >= 15 is 0 Å². The van der Waals surface area contributed by atoms with Gasteiger partial charge in [-0.1, -0.05) is 24.3 Å². The first-order chi connectivity index (χ1) is 15.8. The van der Waals surface area contributed by atoms with Crippen LogP contribution in [-0.2, 0) is 19.1 Å². The van der Waals surface area contributed by atoms with Gasteiger partial charge in [-0.3, -0.25) is 29.0 Å². The van der Waals surface area contributed by atoms with Gasteiger partial charge in [0, 0.05) is 28.4 Å². The maximum absolute atomic E-state index is 13.3. The van der Waals surface area contributed by atoms with Crippen molar-refractivity contribution in [1.82, 2.24) is 9.80 Å². The van der Waals surface area contributed by atoms with Crippen molar-refractivity contribution in [3.8, 4) is 10.4 Å². The van der Waals surface area contributed by atoms with Crippen LogP contribution in [0.2, 0.25) is 0 Å². The summed E-state index contributed by atoms with van der Waals surface area (Å²) in [4.78, 5) is 55.8. The van der Waals surface area contributed by atoms with Gasteiger partial charge in [-0.25, -0.2) is 0 Å². The summed E-state index contributed by atoms with van der Waals surface area (Å²) in [7, 11) is 1.35. The molecule has 0 saturated carbocycles. The van der Waals surface area contributed by atoms with Gasteiger partial charge in [0.1, 0.15) is 5.54 Å². The van der Waals surface area contributed by atoms with Crippen LogP contribution >= 0.6 is 11.3 Å². The minimum Gasteiger partial charge on any atom is -0.468 e. The molecule has 3 aliphatic heterocycles. The number of methoxy groups -OCH3 is 1. The summed E-state index contributed by atoms with van der Waals surface area (Å²) in [6.45, 7) is 4.27. The van der Waals surface area contributed by atoms with E-state index in [0.717, 1.165) is 22.4 Å². The summed E-state index contributed by atoms with van der Waals surface area (Å²) in [5.74, 6) is -2.19. The Morgan fingerprint density at radius 1 is 1.18 bits per heavy atom. The first-order valence-corrected chi connectivity index (χ1v) is 12.1. The van der Waals surface area contributed by atoms with Crippen LogP contribution in [0.15, 0.2) is 35.7 Å². The standard InChI is InChI=1S/C25H26N2O5S/c1-4-26-22(29)19-20(23(26)30)25(24(31)32-3)10-5-11-27(25)21(19)16-8-6-15(7-9-16)18-12-17(13-33-18)14(2)28/h6-9,12-13,19-21H,4-5,10-11H2,1-3H3/t19-,20-,21-,25+/m1/s1. The second-order valence-electron chi connectivity index (χ2n) is 8.96. The first-order valence-electron chi connectivity index (χ1n) is 11.2. The maximum atomic E-state index is 13.3. The van der Waals surface area contributed by atoms with Crippen molar-refractivity contribution < 1.29 is 23.9 Å². The minimum atomic E-state index is -1.09. The van der Waals surface area contributed by atoms with Gasteiger partial charge in [-0.15, -0.1) is 11.3 Å². The Labute approximate surface area is 196 Å². The molecule has 7 nitrogen and oxygen atoms in total. The summed E-state index contributed by atoms with van der Waals surface area (Å²) < 4.78 is 5.19. The number of hydrogen-bond donors (Lipinski definition) is 0. The van der Waals surface area contributed by atoms with E-state index in [1.165, 1.54) is 23.3 Å². The third kappa shape index (κ3) is 2.97. The number of likely N-dealkylation sites (tertiary alicyclic amines) is 1. The van der Waals surface area contributed by atoms with Crippen LogP contribution in [0.5, 0.6) is 0 Å². The van der Waals surface area contributed by atoms with E-state index in [1.54, 1.807) is 13.8 Å². The fourth-order valence-electron chi connectivity index (χ4n) is 6.09. The number of carbonyl (C=O) groups excluding carboxylic acids is 4. The van der Waals surface area contributed by atoms with Crippen LogP contribution in [0, 0.1) is 11.8 Å². The van der Waals surface area contributed by atoms with E-state index in [-0.39, 0.29) is 23.6 Å². The lowest BCUT2D eigenvalue weighted by Gasteiger charge is -2.36. The summed E-state index contributed by atoms with van der Waals surface area (Å²) in [6, 6.07) is 9.43. The highest BCUT2D eigenvalue weighted by Gasteiger charge is 2.73. The predicted molar refractivity (Wildman–Crippen MR) is 123 cm³/mol. The summed E-state index contributed by atoms with van der Waals surface area (Å²) in [6.07, 6.45) is 1.28. The maximum Gasteiger partial charge on any atom is 0.327 e. The smallest absolute Gasteiger partial charge is 0.327 e. The van der Waals surface area contributed by atoms with Crippen molar-refractivity contribution >= 4 is 34.9 Å². The Kier molecular flexibility index (Phi) is 5.25. The van der Waals surface area contributed by atoms with Gasteiger partial charge < -0.3 is 4.74 Å². The topological polar surface area (TPSA) is 84.0 Å². The van der Waals surface area contributed by atoms with E-state index in [1.807, 2.05) is 40.6 Å². The molecule has 3 fully saturated rings. The molecule has 0 spiro atoms. The van der Waals surface area contributed by atoms with Gasteiger partial charge in [0.2, 0.25) is 11.8 Å². The molecule has 1 aromatic heterocycles. The molecule has 33 heavy (non-hydrogen) atoms. The van der Waals surface area contributed by atoms with Gasteiger partial charge in [0.05, 0.1) is 18.9 Å². The molecule has 0 bridgehead atoms. The zero-order valence-electron chi connectivity index (χ0n) is 18.9. The van der Waals surface area contributed by atoms with Crippen LogP contribution in [-0.4, -0.2) is 59.1 Å². The molecule has 2 amide bonds. The number of imide groups is 1. The number of Topliss-reactive ketones (excluding diaryl/α,β-unsaturated/α-hetero) is 1. The highest BCUT2D eigenvalue weighted by molar-refractivity contribution is 7.13. The molecule has 4 atom stereocenters. The molecule has 2 aromatic rings. The number of benzene rings is 1. The Hall–Kier alpha value is -2.84. The number of hydrogen-bond acceptors (Lipinski definition) is 7. The molecule has 3 aliphatic rings. The second kappa shape index (κ2) is 7.88. The normalized spacial score (nSPS) is 28.8. The molecule has 0 aliphatic carbocycles. The lowest BCUT2D eigenvalue weighted by atomic mass is 9.77. The van der Waals surface area contributed by atoms with Crippen molar-refractivity contribution in [2.24, 2.45) is 11.8 Å². The molecule has 0 N–H and O–H groups in total. The molecule has 4 heterocycles. The van der Waals surface area contributed by atoms with E-state index in [2.05, 4.69) is 0 Å². The Morgan fingerprint density at radius 2 is 1.91 bits per heavy atom. The van der Waals surface area contributed by atoms with Gasteiger partial charge >= 0.3 is 5.97 Å². The van der Waals surface area contributed by atoms with Gasteiger partial charge in [-0.05, 0) is 50.4 Å². The van der Waals surface area contributed by atoms with Crippen molar-refractivity contribution in [3.63, 3.8) is 0 Å². The summed E-state index contributed by atoms with van der Waals surface area (Å²) >= 11 is 1.51. The fraction of sp³-hybridized carbons (Fsp3) is 0.440. The van der Waals surface area contributed by atoms with Crippen LogP contribution in [0.4, 0.5) is 0 Å². The monoisotopic (exact) mass is 466 g/mol. The van der Waals surface area contributed by atoms with Gasteiger partial charge in [0.25, 0.3) is 0 Å². The van der Waals surface area contributed by atoms with E-state index in [0.29, 0.717) is 25.1 Å². The van der Waals surface area contributed by atoms with Crippen LogP contribution in [0.1, 0.15) is 48.7 Å². The predicted octanol–water partition coefficient (Wildman–Crippen LogP) is 3.30. The molecule has 0 unspecified atom stereocenters. The van der Waals surface area contributed by atoms with Crippen molar-refractivity contribution in [3.05, 3.63) is 46.8 Å². The molecule has 172 valence electrons. The average molecular weight is 467 g/mol. The average Bonchev–Trinajstić information content (AvgIpc) is 3.55. The van der Waals surface area contributed by atoms with Gasteiger partial charge in [0.15, 0.2) is 5.78 Å².